The molecule has 1 heterocycles. The molecule has 0 spiro atoms. The monoisotopic (exact) mass is 482 g/mol. The van der Waals surface area contributed by atoms with Gasteiger partial charge in [-0.15, -0.1) is 0 Å². The number of carbonyl (C=O) groups is 1. The number of benzene rings is 3. The predicted octanol–water partition coefficient (Wildman–Crippen LogP) is 4.02. The van der Waals surface area contributed by atoms with Crippen LogP contribution in [0.5, 0.6) is 11.5 Å². The minimum absolute atomic E-state index is 0.00172. The number of nitriles is 1. The number of carbonyl (C=O) groups excluding carboxylic acids is 1. The van der Waals surface area contributed by atoms with Gasteiger partial charge in [0, 0.05) is 23.7 Å². The summed E-state index contributed by atoms with van der Waals surface area (Å²) in [4.78, 5) is 12.3. The molecule has 3 aromatic carbocycles. The van der Waals surface area contributed by atoms with Crippen LogP contribution >= 0.6 is 0 Å². The van der Waals surface area contributed by atoms with E-state index >= 15 is 0 Å². The van der Waals surface area contributed by atoms with Crippen LogP contribution < -0.4 is 14.2 Å². The molecule has 0 bridgehead atoms. The molecule has 0 unspecified atom stereocenters. The molecule has 10 heteroatoms. The molecule has 0 radical (unpaired) electrons. The molecule has 0 fully saturated rings. The van der Waals surface area contributed by atoms with Crippen molar-refractivity contribution in [2.45, 2.75) is 17.9 Å². The lowest BCUT2D eigenvalue weighted by molar-refractivity contribution is 0.0469. The zero-order valence-electron chi connectivity index (χ0n) is 17.8. The van der Waals surface area contributed by atoms with E-state index in [0.29, 0.717) is 31.1 Å². The predicted molar refractivity (Wildman–Crippen MR) is 120 cm³/mol. The van der Waals surface area contributed by atoms with Gasteiger partial charge in [0.25, 0.3) is 10.0 Å². The lowest BCUT2D eigenvalue weighted by atomic mass is 10.1. The summed E-state index contributed by atoms with van der Waals surface area (Å²) in [6, 6.07) is 15.6. The maximum absolute atomic E-state index is 13.8. The Labute approximate surface area is 195 Å². The highest BCUT2D eigenvalue weighted by Gasteiger charge is 2.19. The van der Waals surface area contributed by atoms with Crippen molar-refractivity contribution in [2.75, 3.05) is 17.9 Å². The number of rotatable bonds is 6. The van der Waals surface area contributed by atoms with Crippen LogP contribution in [0, 0.1) is 17.1 Å². The molecule has 1 N–H and O–H groups in total. The molecule has 0 amide bonds. The van der Waals surface area contributed by atoms with Crippen molar-refractivity contribution >= 4 is 21.7 Å². The minimum Gasteiger partial charge on any atom is -0.490 e. The Kier molecular flexibility index (Phi) is 6.65. The van der Waals surface area contributed by atoms with Gasteiger partial charge in [-0.3, -0.25) is 4.72 Å². The van der Waals surface area contributed by atoms with E-state index in [0.717, 1.165) is 6.07 Å². The molecule has 3 aromatic rings. The molecule has 34 heavy (non-hydrogen) atoms. The van der Waals surface area contributed by atoms with E-state index in [1.165, 1.54) is 48.5 Å². The second-order valence-electron chi connectivity index (χ2n) is 7.34. The van der Waals surface area contributed by atoms with Crippen molar-refractivity contribution in [3.63, 3.8) is 0 Å². The number of ether oxygens (including phenoxy) is 3. The van der Waals surface area contributed by atoms with Gasteiger partial charge in [0.2, 0.25) is 0 Å². The van der Waals surface area contributed by atoms with Crippen molar-refractivity contribution in [1.82, 2.24) is 0 Å². The van der Waals surface area contributed by atoms with E-state index in [1.54, 1.807) is 6.07 Å². The van der Waals surface area contributed by atoms with Crippen molar-refractivity contribution in [3.8, 4) is 17.6 Å². The van der Waals surface area contributed by atoms with Crippen molar-refractivity contribution in [3.05, 3.63) is 83.2 Å². The second kappa shape index (κ2) is 9.80. The lowest BCUT2D eigenvalue weighted by Crippen LogP contribution is -2.13. The molecular weight excluding hydrogens is 463 g/mol. The van der Waals surface area contributed by atoms with Gasteiger partial charge >= 0.3 is 5.97 Å². The fourth-order valence-electron chi connectivity index (χ4n) is 3.18. The van der Waals surface area contributed by atoms with E-state index < -0.39 is 21.8 Å². The normalized spacial score (nSPS) is 12.8. The number of nitrogens with one attached hydrogen (secondary N) is 1. The van der Waals surface area contributed by atoms with Crippen LogP contribution in [0.1, 0.15) is 27.9 Å². The third kappa shape index (κ3) is 5.27. The Balaban J connectivity index is 1.42. The molecule has 0 saturated heterocycles. The summed E-state index contributed by atoms with van der Waals surface area (Å²) in [5.74, 6) is -0.473. The van der Waals surface area contributed by atoms with Crippen LogP contribution in [0.15, 0.2) is 65.6 Å². The molecule has 1 aliphatic heterocycles. The Hall–Kier alpha value is -4.10. The largest absolute Gasteiger partial charge is 0.490 e. The number of sulfonamides is 1. The summed E-state index contributed by atoms with van der Waals surface area (Å²) in [5.41, 5.74) is 0.705. The van der Waals surface area contributed by atoms with Crippen LogP contribution in [-0.4, -0.2) is 27.6 Å². The van der Waals surface area contributed by atoms with Gasteiger partial charge in [-0.05, 0) is 54.6 Å². The number of nitrogens with zero attached hydrogens (tertiary/aromatic N) is 1. The summed E-state index contributed by atoms with van der Waals surface area (Å²) in [5, 5.41) is 8.91. The number of halogens is 1. The molecule has 174 valence electrons. The quantitative estimate of drug-likeness (QED) is 0.528. The first-order chi connectivity index (χ1) is 16.4. The molecule has 0 atom stereocenters. The summed E-state index contributed by atoms with van der Waals surface area (Å²) in [6.45, 7) is 0.573. The zero-order chi connectivity index (χ0) is 24.1. The number of fused-ring (bicyclic) bond motifs is 1. The molecule has 4 rings (SSSR count). The second-order valence-corrected chi connectivity index (χ2v) is 9.02. The first kappa shape index (κ1) is 23.1. The van der Waals surface area contributed by atoms with E-state index in [4.69, 9.17) is 19.5 Å². The smallest absolute Gasteiger partial charge is 0.338 e. The van der Waals surface area contributed by atoms with Crippen LogP contribution in [-0.2, 0) is 21.4 Å². The van der Waals surface area contributed by atoms with E-state index in [1.807, 2.05) is 6.07 Å². The zero-order valence-corrected chi connectivity index (χ0v) is 18.6. The van der Waals surface area contributed by atoms with Crippen LogP contribution in [0.25, 0.3) is 0 Å². The van der Waals surface area contributed by atoms with Crippen molar-refractivity contribution in [1.29, 1.82) is 5.26 Å². The first-order valence-electron chi connectivity index (χ1n) is 10.2. The average molecular weight is 482 g/mol. The Morgan fingerprint density at radius 3 is 2.50 bits per heavy atom. The van der Waals surface area contributed by atoms with Crippen LogP contribution in [0.2, 0.25) is 0 Å². The third-order valence-corrected chi connectivity index (χ3v) is 6.31. The first-order valence-corrected chi connectivity index (χ1v) is 11.7. The maximum Gasteiger partial charge on any atom is 0.338 e. The highest BCUT2D eigenvalue weighted by atomic mass is 32.2. The highest BCUT2D eigenvalue weighted by Crippen LogP contribution is 2.32. The van der Waals surface area contributed by atoms with Crippen LogP contribution in [0.3, 0.4) is 0 Å². The van der Waals surface area contributed by atoms with Gasteiger partial charge in [0.15, 0.2) is 11.5 Å². The SMILES string of the molecule is N#Cc1ccc(F)c(COC(=O)c2ccc(NS(=O)(=O)c3ccc4c(c3)OCCCO4)cc2)c1. The fraction of sp³-hybridized carbons (Fsp3) is 0.167. The number of hydrogen-bond acceptors (Lipinski definition) is 7. The Bertz CT molecular complexity index is 1370. The summed E-state index contributed by atoms with van der Waals surface area (Å²) in [7, 11) is -3.92. The highest BCUT2D eigenvalue weighted by molar-refractivity contribution is 7.92. The van der Waals surface area contributed by atoms with Gasteiger partial charge in [-0.2, -0.15) is 5.26 Å². The minimum atomic E-state index is -3.92. The topological polar surface area (TPSA) is 115 Å². The summed E-state index contributed by atoms with van der Waals surface area (Å²) < 4.78 is 58.0. The van der Waals surface area contributed by atoms with Gasteiger partial charge in [-0.1, -0.05) is 0 Å². The van der Waals surface area contributed by atoms with Crippen molar-refractivity contribution in [2.24, 2.45) is 0 Å². The Morgan fingerprint density at radius 2 is 1.76 bits per heavy atom. The summed E-state index contributed by atoms with van der Waals surface area (Å²) in [6.07, 6.45) is 0.699. The molecular formula is C24H19FN2O6S. The van der Waals surface area contributed by atoms with Gasteiger partial charge in [0.05, 0.1) is 35.3 Å². The maximum atomic E-state index is 13.8. The van der Waals surface area contributed by atoms with E-state index in [-0.39, 0.29) is 33.9 Å². The number of hydrogen-bond donors (Lipinski definition) is 1. The van der Waals surface area contributed by atoms with Gasteiger partial charge in [0.1, 0.15) is 12.4 Å². The molecule has 0 aliphatic carbocycles. The number of esters is 1. The van der Waals surface area contributed by atoms with E-state index in [2.05, 4.69) is 4.72 Å². The standard InChI is InChI=1S/C24H19FN2O6S/c25-21-8-2-16(14-26)12-18(21)15-33-24(28)17-3-5-19(6-4-17)27-34(29,30)20-7-9-22-23(13-20)32-11-1-10-31-22/h2-9,12-13,27H,1,10-11,15H2. The van der Waals surface area contributed by atoms with Gasteiger partial charge < -0.3 is 14.2 Å². The molecule has 0 saturated carbocycles. The lowest BCUT2D eigenvalue weighted by Gasteiger charge is -2.12. The molecule has 8 nitrogen and oxygen atoms in total. The van der Waals surface area contributed by atoms with Crippen LogP contribution in [0.4, 0.5) is 10.1 Å². The fourth-order valence-corrected chi connectivity index (χ4v) is 4.25. The van der Waals surface area contributed by atoms with E-state index in [9.17, 15) is 17.6 Å². The molecule has 0 aromatic heterocycles. The molecule has 1 aliphatic rings. The summed E-state index contributed by atoms with van der Waals surface area (Å²) >= 11 is 0. The Morgan fingerprint density at radius 1 is 1.03 bits per heavy atom. The van der Waals surface area contributed by atoms with Gasteiger partial charge in [-0.25, -0.2) is 17.6 Å². The average Bonchev–Trinajstić information content (AvgIpc) is 3.08. The number of anilines is 1. The third-order valence-electron chi connectivity index (χ3n) is 4.94. The van der Waals surface area contributed by atoms with Crippen molar-refractivity contribution < 1.29 is 31.8 Å².